The molecule has 0 N–H and O–H groups in total. The van der Waals surface area contributed by atoms with Gasteiger partial charge in [0.05, 0.1) is 18.1 Å². The summed E-state index contributed by atoms with van der Waals surface area (Å²) in [5.74, 6) is 0.499. The van der Waals surface area contributed by atoms with Crippen LogP contribution < -0.4 is 9.64 Å². The van der Waals surface area contributed by atoms with Crippen molar-refractivity contribution in [2.75, 3.05) is 12.0 Å². The van der Waals surface area contributed by atoms with E-state index in [2.05, 4.69) is 32.0 Å². The van der Waals surface area contributed by atoms with Crippen molar-refractivity contribution in [3.63, 3.8) is 0 Å². The zero-order valence-corrected chi connectivity index (χ0v) is 19.2. The standard InChI is InChI=1S/C28H24N2O4/c1-28(2)22-10-6-7-11-23(22)29(27(31)19-12-15-20(16-13-19)30(32)33)26(28)25-21-9-5-4-8-18(21)14-17-24(25)34-3/h4-17,26H,1-3H3/t26-/m1/s1. The van der Waals surface area contributed by atoms with Crippen molar-refractivity contribution in [1.82, 2.24) is 0 Å². The van der Waals surface area contributed by atoms with Crippen LogP contribution in [0.15, 0.2) is 84.9 Å². The molecule has 5 rings (SSSR count). The summed E-state index contributed by atoms with van der Waals surface area (Å²) in [6.07, 6.45) is 0. The topological polar surface area (TPSA) is 72.7 Å². The lowest BCUT2D eigenvalue weighted by molar-refractivity contribution is -0.384. The number of nitrogens with zero attached hydrogens (tertiary/aromatic N) is 2. The third kappa shape index (κ3) is 3.22. The van der Waals surface area contributed by atoms with Crippen LogP contribution in [0, 0.1) is 10.1 Å². The third-order valence-electron chi connectivity index (χ3n) is 6.77. The van der Waals surface area contributed by atoms with Gasteiger partial charge in [0.15, 0.2) is 0 Å². The van der Waals surface area contributed by atoms with E-state index in [-0.39, 0.29) is 17.6 Å². The summed E-state index contributed by atoms with van der Waals surface area (Å²) in [7, 11) is 1.64. The Morgan fingerprint density at radius 2 is 1.62 bits per heavy atom. The molecule has 34 heavy (non-hydrogen) atoms. The number of ether oxygens (including phenoxy) is 1. The highest BCUT2D eigenvalue weighted by Gasteiger charge is 2.49. The normalized spacial score (nSPS) is 16.3. The summed E-state index contributed by atoms with van der Waals surface area (Å²) in [6, 6.07) is 25.4. The van der Waals surface area contributed by atoms with Crippen molar-refractivity contribution < 1.29 is 14.5 Å². The van der Waals surface area contributed by atoms with Gasteiger partial charge in [-0.3, -0.25) is 19.8 Å². The van der Waals surface area contributed by atoms with Gasteiger partial charge in [0, 0.05) is 34.4 Å². The second-order valence-corrected chi connectivity index (χ2v) is 9.02. The summed E-state index contributed by atoms with van der Waals surface area (Å²) < 4.78 is 5.82. The molecule has 6 heteroatoms. The van der Waals surface area contributed by atoms with E-state index in [1.165, 1.54) is 24.3 Å². The lowest BCUT2D eigenvalue weighted by Crippen LogP contribution is -2.38. The molecule has 0 fully saturated rings. The highest BCUT2D eigenvalue weighted by molar-refractivity contribution is 6.09. The minimum Gasteiger partial charge on any atom is -0.496 e. The van der Waals surface area contributed by atoms with Crippen LogP contribution in [0.3, 0.4) is 0 Å². The van der Waals surface area contributed by atoms with Crippen molar-refractivity contribution in [2.45, 2.75) is 25.3 Å². The Kier molecular flexibility index (Phi) is 5.09. The van der Waals surface area contributed by atoms with Crippen LogP contribution >= 0.6 is 0 Å². The fourth-order valence-corrected chi connectivity index (χ4v) is 5.15. The fraction of sp³-hybridized carbons (Fsp3) is 0.179. The number of hydrogen-bond acceptors (Lipinski definition) is 4. The van der Waals surface area contributed by atoms with Crippen molar-refractivity contribution >= 4 is 28.1 Å². The number of nitro groups is 1. The largest absolute Gasteiger partial charge is 0.496 e. The molecular weight excluding hydrogens is 428 g/mol. The molecule has 1 atom stereocenters. The van der Waals surface area contributed by atoms with Crippen LogP contribution in [0.5, 0.6) is 5.75 Å². The predicted molar refractivity (Wildman–Crippen MR) is 133 cm³/mol. The number of nitro benzene ring substituents is 1. The monoisotopic (exact) mass is 452 g/mol. The Bertz CT molecular complexity index is 1430. The molecule has 4 aromatic carbocycles. The van der Waals surface area contributed by atoms with Crippen LogP contribution in [0.2, 0.25) is 0 Å². The first-order valence-electron chi connectivity index (χ1n) is 11.1. The maximum atomic E-state index is 14.0. The number of benzene rings is 4. The molecule has 0 saturated carbocycles. The number of anilines is 1. The molecular formula is C28H24N2O4. The van der Waals surface area contributed by atoms with E-state index in [0.717, 1.165) is 27.6 Å². The molecule has 0 saturated heterocycles. The van der Waals surface area contributed by atoms with Crippen molar-refractivity contribution in [2.24, 2.45) is 0 Å². The van der Waals surface area contributed by atoms with Crippen molar-refractivity contribution in [3.05, 3.63) is 112 Å². The first kappa shape index (κ1) is 21.6. The number of rotatable bonds is 4. The summed E-state index contributed by atoms with van der Waals surface area (Å²) >= 11 is 0. The minimum atomic E-state index is -0.466. The van der Waals surface area contributed by atoms with Crippen LogP contribution in [0.4, 0.5) is 11.4 Å². The van der Waals surface area contributed by atoms with Gasteiger partial charge < -0.3 is 4.74 Å². The maximum absolute atomic E-state index is 14.0. The van der Waals surface area contributed by atoms with Gasteiger partial charge in [0.1, 0.15) is 5.75 Å². The van der Waals surface area contributed by atoms with Crippen molar-refractivity contribution in [1.29, 1.82) is 0 Å². The van der Waals surface area contributed by atoms with E-state index in [0.29, 0.717) is 11.3 Å². The average Bonchev–Trinajstić information content (AvgIpc) is 3.09. The van der Waals surface area contributed by atoms with Crippen LogP contribution in [-0.2, 0) is 5.41 Å². The van der Waals surface area contributed by atoms with Gasteiger partial charge >= 0.3 is 0 Å². The first-order chi connectivity index (χ1) is 16.3. The van der Waals surface area contributed by atoms with Gasteiger partial charge in [0.2, 0.25) is 0 Å². The Morgan fingerprint density at radius 3 is 2.32 bits per heavy atom. The zero-order chi connectivity index (χ0) is 24.0. The molecule has 1 aliphatic rings. The van der Waals surface area contributed by atoms with Crippen LogP contribution in [-0.4, -0.2) is 17.9 Å². The highest BCUT2D eigenvalue weighted by Crippen LogP contribution is 2.56. The SMILES string of the molecule is COc1ccc2ccccc2c1[C@H]1N(C(=O)c2ccc([N+](=O)[O-])cc2)c2ccccc2C1(C)C. The number of amides is 1. The van der Waals surface area contributed by atoms with E-state index in [9.17, 15) is 14.9 Å². The Balaban J connectivity index is 1.75. The minimum absolute atomic E-state index is 0.0500. The number of non-ortho nitro benzene ring substituents is 1. The lowest BCUT2D eigenvalue weighted by Gasteiger charge is -2.35. The Morgan fingerprint density at radius 1 is 0.941 bits per heavy atom. The van der Waals surface area contributed by atoms with E-state index >= 15 is 0 Å². The Labute approximate surface area is 197 Å². The lowest BCUT2D eigenvalue weighted by atomic mass is 9.76. The zero-order valence-electron chi connectivity index (χ0n) is 19.2. The quantitative estimate of drug-likeness (QED) is 0.264. The van der Waals surface area contributed by atoms with E-state index < -0.39 is 10.3 Å². The van der Waals surface area contributed by atoms with E-state index in [4.69, 9.17) is 4.74 Å². The number of para-hydroxylation sites is 1. The third-order valence-corrected chi connectivity index (χ3v) is 6.77. The summed E-state index contributed by atoms with van der Waals surface area (Å²) in [6.45, 7) is 4.28. The smallest absolute Gasteiger partial charge is 0.269 e. The molecule has 0 bridgehead atoms. The predicted octanol–water partition coefficient (Wildman–Crippen LogP) is 6.44. The number of hydrogen-bond donors (Lipinski definition) is 0. The van der Waals surface area contributed by atoms with E-state index in [1.807, 2.05) is 47.4 Å². The van der Waals surface area contributed by atoms with Crippen molar-refractivity contribution in [3.8, 4) is 5.75 Å². The van der Waals surface area contributed by atoms with E-state index in [1.54, 1.807) is 7.11 Å². The molecule has 1 aliphatic heterocycles. The van der Waals surface area contributed by atoms with Gasteiger partial charge in [-0.1, -0.05) is 62.4 Å². The second-order valence-electron chi connectivity index (χ2n) is 9.02. The molecule has 6 nitrogen and oxygen atoms in total. The molecule has 4 aromatic rings. The fourth-order valence-electron chi connectivity index (χ4n) is 5.15. The molecule has 0 radical (unpaired) electrons. The summed E-state index contributed by atoms with van der Waals surface area (Å²) in [4.78, 5) is 26.5. The number of carbonyl (C=O) groups excluding carboxylic acids is 1. The summed E-state index contributed by atoms with van der Waals surface area (Å²) in [5, 5.41) is 13.2. The van der Waals surface area contributed by atoms with Crippen LogP contribution in [0.25, 0.3) is 10.8 Å². The molecule has 0 unspecified atom stereocenters. The maximum Gasteiger partial charge on any atom is 0.269 e. The molecule has 0 spiro atoms. The molecule has 1 heterocycles. The molecule has 0 aliphatic carbocycles. The summed E-state index contributed by atoms with van der Waals surface area (Å²) in [5.41, 5.74) is 2.75. The van der Waals surface area contributed by atoms with Crippen LogP contribution in [0.1, 0.15) is 41.4 Å². The van der Waals surface area contributed by atoms with Gasteiger partial charge in [-0.05, 0) is 40.6 Å². The molecule has 170 valence electrons. The highest BCUT2D eigenvalue weighted by atomic mass is 16.6. The molecule has 0 aromatic heterocycles. The number of methoxy groups -OCH3 is 1. The van der Waals surface area contributed by atoms with Gasteiger partial charge in [-0.25, -0.2) is 0 Å². The first-order valence-corrected chi connectivity index (χ1v) is 11.1. The average molecular weight is 453 g/mol. The van der Waals surface area contributed by atoms with Gasteiger partial charge in [0.25, 0.3) is 11.6 Å². The molecule has 1 amide bonds. The second kappa shape index (κ2) is 7.99. The number of carbonyl (C=O) groups is 1. The van der Waals surface area contributed by atoms with Gasteiger partial charge in [-0.15, -0.1) is 0 Å². The van der Waals surface area contributed by atoms with Gasteiger partial charge in [-0.2, -0.15) is 0 Å². The number of fused-ring (bicyclic) bond motifs is 2. The Hall–Kier alpha value is -4.19.